The standard InChI is InChI=1S/C13H16BrF2NO/c1-9(17-13(18)4-2-3-7-14)10-5-6-11(15)12(16)8-10/h5-6,8-9H,2-4,7H2,1H3,(H,17,18). The fourth-order valence-corrected chi connectivity index (χ4v) is 1.96. The maximum atomic E-state index is 13.0. The van der Waals surface area contributed by atoms with Gasteiger partial charge in [0.05, 0.1) is 6.04 Å². The lowest BCUT2D eigenvalue weighted by Crippen LogP contribution is -2.26. The van der Waals surface area contributed by atoms with Crippen LogP contribution in [-0.2, 0) is 4.79 Å². The minimum absolute atomic E-state index is 0.0758. The first kappa shape index (κ1) is 15.1. The fourth-order valence-electron chi connectivity index (χ4n) is 1.56. The number of nitrogens with one attached hydrogen (secondary N) is 1. The number of amides is 1. The molecule has 0 spiro atoms. The van der Waals surface area contributed by atoms with Crippen LogP contribution in [-0.4, -0.2) is 11.2 Å². The van der Waals surface area contributed by atoms with Crippen molar-refractivity contribution in [3.05, 3.63) is 35.4 Å². The summed E-state index contributed by atoms with van der Waals surface area (Å²) >= 11 is 3.29. The fraction of sp³-hybridized carbons (Fsp3) is 0.462. The van der Waals surface area contributed by atoms with E-state index in [4.69, 9.17) is 0 Å². The monoisotopic (exact) mass is 319 g/mol. The van der Waals surface area contributed by atoms with E-state index in [0.717, 1.165) is 30.3 Å². The maximum Gasteiger partial charge on any atom is 0.220 e. The van der Waals surface area contributed by atoms with Gasteiger partial charge in [0, 0.05) is 11.8 Å². The number of carbonyl (C=O) groups is 1. The molecule has 1 rings (SSSR count). The number of benzene rings is 1. The summed E-state index contributed by atoms with van der Waals surface area (Å²) in [6.45, 7) is 1.75. The normalized spacial score (nSPS) is 12.2. The number of hydrogen-bond acceptors (Lipinski definition) is 1. The smallest absolute Gasteiger partial charge is 0.220 e. The van der Waals surface area contributed by atoms with Gasteiger partial charge in [-0.15, -0.1) is 0 Å². The highest BCUT2D eigenvalue weighted by atomic mass is 79.9. The summed E-state index contributed by atoms with van der Waals surface area (Å²) in [7, 11) is 0. The van der Waals surface area contributed by atoms with Crippen LogP contribution in [0.25, 0.3) is 0 Å². The average Bonchev–Trinajstić information content (AvgIpc) is 2.33. The number of unbranched alkanes of at least 4 members (excludes halogenated alkanes) is 1. The minimum atomic E-state index is -0.895. The van der Waals surface area contributed by atoms with Crippen molar-refractivity contribution >= 4 is 21.8 Å². The van der Waals surface area contributed by atoms with Crippen LogP contribution < -0.4 is 5.32 Å². The van der Waals surface area contributed by atoms with Crippen LogP contribution in [0.3, 0.4) is 0 Å². The minimum Gasteiger partial charge on any atom is -0.350 e. The van der Waals surface area contributed by atoms with Crippen LogP contribution >= 0.6 is 15.9 Å². The molecule has 0 saturated carbocycles. The van der Waals surface area contributed by atoms with Gasteiger partial charge in [-0.2, -0.15) is 0 Å². The Morgan fingerprint density at radius 1 is 1.33 bits per heavy atom. The third kappa shape index (κ3) is 4.72. The quantitative estimate of drug-likeness (QED) is 0.628. The van der Waals surface area contributed by atoms with Crippen LogP contribution in [0, 0.1) is 11.6 Å². The first-order valence-corrected chi connectivity index (χ1v) is 6.97. The highest BCUT2D eigenvalue weighted by molar-refractivity contribution is 9.09. The summed E-state index contributed by atoms with van der Waals surface area (Å²) in [5.74, 6) is -1.85. The number of hydrogen-bond donors (Lipinski definition) is 1. The Balaban J connectivity index is 2.51. The van der Waals surface area contributed by atoms with Gasteiger partial charge in [0.1, 0.15) is 0 Å². The molecule has 0 saturated heterocycles. The first-order valence-electron chi connectivity index (χ1n) is 5.85. The lowest BCUT2D eigenvalue weighted by Gasteiger charge is -2.14. The van der Waals surface area contributed by atoms with Crippen molar-refractivity contribution in [3.8, 4) is 0 Å². The van der Waals surface area contributed by atoms with Crippen molar-refractivity contribution in [2.24, 2.45) is 0 Å². The molecule has 0 radical (unpaired) electrons. The molecule has 0 fully saturated rings. The number of halogens is 3. The Labute approximate surface area is 114 Å². The van der Waals surface area contributed by atoms with Gasteiger partial charge in [-0.1, -0.05) is 22.0 Å². The maximum absolute atomic E-state index is 13.0. The predicted molar refractivity (Wildman–Crippen MR) is 70.6 cm³/mol. The summed E-state index contributed by atoms with van der Waals surface area (Å²) in [5, 5.41) is 3.63. The summed E-state index contributed by atoms with van der Waals surface area (Å²) in [6.07, 6.45) is 2.19. The van der Waals surface area contributed by atoms with Crippen LogP contribution in [0.4, 0.5) is 8.78 Å². The molecule has 1 N–H and O–H groups in total. The lowest BCUT2D eigenvalue weighted by molar-refractivity contribution is -0.121. The largest absolute Gasteiger partial charge is 0.350 e. The SMILES string of the molecule is CC(NC(=O)CCCCBr)c1ccc(F)c(F)c1. The summed E-state index contributed by atoms with van der Waals surface area (Å²) in [5.41, 5.74) is 0.558. The zero-order valence-corrected chi connectivity index (χ0v) is 11.8. The van der Waals surface area contributed by atoms with Crippen LogP contribution in [0.1, 0.15) is 37.8 Å². The molecular weight excluding hydrogens is 304 g/mol. The second-order valence-electron chi connectivity index (χ2n) is 4.11. The van der Waals surface area contributed by atoms with Crippen LogP contribution in [0.5, 0.6) is 0 Å². The molecule has 0 aliphatic carbocycles. The van der Waals surface area contributed by atoms with E-state index >= 15 is 0 Å². The van der Waals surface area contributed by atoms with Crippen molar-refractivity contribution in [2.45, 2.75) is 32.2 Å². The van der Waals surface area contributed by atoms with Gasteiger partial charge in [0.25, 0.3) is 0 Å². The summed E-state index contributed by atoms with van der Waals surface area (Å²) in [4.78, 5) is 11.6. The lowest BCUT2D eigenvalue weighted by atomic mass is 10.1. The van der Waals surface area contributed by atoms with Crippen molar-refractivity contribution in [3.63, 3.8) is 0 Å². The zero-order chi connectivity index (χ0) is 13.5. The van der Waals surface area contributed by atoms with Gasteiger partial charge >= 0.3 is 0 Å². The Hall–Kier alpha value is -0.970. The molecule has 0 aliphatic heterocycles. The third-order valence-corrected chi connectivity index (χ3v) is 3.17. The number of alkyl halides is 1. The molecule has 100 valence electrons. The van der Waals surface area contributed by atoms with Gasteiger partial charge in [-0.05, 0) is 37.5 Å². The summed E-state index contributed by atoms with van der Waals surface area (Å²) in [6, 6.07) is 3.33. The predicted octanol–water partition coefficient (Wildman–Crippen LogP) is 3.71. The number of carbonyl (C=O) groups excluding carboxylic acids is 1. The molecule has 1 atom stereocenters. The highest BCUT2D eigenvalue weighted by Gasteiger charge is 2.11. The molecule has 2 nitrogen and oxygen atoms in total. The molecule has 1 aromatic carbocycles. The van der Waals surface area contributed by atoms with Crippen molar-refractivity contribution < 1.29 is 13.6 Å². The number of rotatable bonds is 6. The summed E-state index contributed by atoms with van der Waals surface area (Å²) < 4.78 is 25.8. The van der Waals surface area contributed by atoms with Crippen LogP contribution in [0.2, 0.25) is 0 Å². The Morgan fingerprint density at radius 3 is 2.67 bits per heavy atom. The van der Waals surface area contributed by atoms with E-state index in [1.165, 1.54) is 6.07 Å². The van der Waals surface area contributed by atoms with Crippen molar-refractivity contribution in [1.29, 1.82) is 0 Å². The van der Waals surface area contributed by atoms with E-state index in [1.807, 2.05) is 0 Å². The topological polar surface area (TPSA) is 29.1 Å². The molecule has 5 heteroatoms. The average molecular weight is 320 g/mol. The second kappa shape index (κ2) is 7.46. The molecule has 1 aromatic rings. The van der Waals surface area contributed by atoms with Gasteiger partial charge in [-0.25, -0.2) is 8.78 Å². The van der Waals surface area contributed by atoms with Crippen molar-refractivity contribution in [1.82, 2.24) is 5.32 Å². The van der Waals surface area contributed by atoms with E-state index in [2.05, 4.69) is 21.2 Å². The van der Waals surface area contributed by atoms with E-state index in [-0.39, 0.29) is 11.9 Å². The molecule has 1 unspecified atom stereocenters. The molecule has 0 heterocycles. The van der Waals surface area contributed by atoms with Crippen LogP contribution in [0.15, 0.2) is 18.2 Å². The van der Waals surface area contributed by atoms with Gasteiger partial charge in [0.2, 0.25) is 5.91 Å². The second-order valence-corrected chi connectivity index (χ2v) is 4.90. The molecule has 0 aromatic heterocycles. The van der Waals surface area contributed by atoms with Gasteiger partial charge in [0.15, 0.2) is 11.6 Å². The Kier molecular flexibility index (Phi) is 6.25. The molecule has 0 bridgehead atoms. The van der Waals surface area contributed by atoms with Gasteiger partial charge < -0.3 is 5.32 Å². The molecule has 0 aliphatic rings. The van der Waals surface area contributed by atoms with E-state index in [9.17, 15) is 13.6 Å². The van der Waals surface area contributed by atoms with Crippen molar-refractivity contribution in [2.75, 3.05) is 5.33 Å². The Morgan fingerprint density at radius 2 is 2.06 bits per heavy atom. The van der Waals surface area contributed by atoms with E-state index < -0.39 is 11.6 Å². The Bertz CT molecular complexity index is 412. The van der Waals surface area contributed by atoms with E-state index in [0.29, 0.717) is 12.0 Å². The molecule has 18 heavy (non-hydrogen) atoms. The molecule has 1 amide bonds. The van der Waals surface area contributed by atoms with Gasteiger partial charge in [-0.3, -0.25) is 4.79 Å². The van der Waals surface area contributed by atoms with E-state index in [1.54, 1.807) is 6.92 Å². The highest BCUT2D eigenvalue weighted by Crippen LogP contribution is 2.16. The first-order chi connectivity index (χ1) is 8.54. The third-order valence-electron chi connectivity index (χ3n) is 2.61. The molecular formula is C13H16BrF2NO. The zero-order valence-electron chi connectivity index (χ0n) is 10.2.